The van der Waals surface area contributed by atoms with Crippen LogP contribution in [-0.2, 0) is 6.54 Å². The third-order valence-corrected chi connectivity index (χ3v) is 4.29. The molecule has 0 fully saturated rings. The van der Waals surface area contributed by atoms with E-state index in [0.29, 0.717) is 0 Å². The van der Waals surface area contributed by atoms with Gasteiger partial charge >= 0.3 is 0 Å². The molecular weight excluding hydrogens is 326 g/mol. The van der Waals surface area contributed by atoms with Crippen molar-refractivity contribution in [2.24, 2.45) is 0 Å². The molecule has 3 rings (SSSR count). The normalized spacial score (nSPS) is 10.8. The molecule has 3 nitrogen and oxygen atoms in total. The van der Waals surface area contributed by atoms with Gasteiger partial charge in [0.25, 0.3) is 0 Å². The second-order valence-corrected chi connectivity index (χ2v) is 5.91. The molecule has 0 saturated heterocycles. The summed E-state index contributed by atoms with van der Waals surface area (Å²) in [6.45, 7) is 0.824. The molecule has 0 radical (unpaired) electrons. The maximum absolute atomic E-state index is 5.83. The van der Waals surface area contributed by atoms with Crippen LogP contribution in [0.1, 0.15) is 5.56 Å². The van der Waals surface area contributed by atoms with Crippen LogP contribution in [0, 0.1) is 0 Å². The number of rotatable bonds is 3. The Morgan fingerprint density at radius 2 is 1.95 bits per heavy atom. The summed E-state index contributed by atoms with van der Waals surface area (Å²) in [4.78, 5) is 6.62. The summed E-state index contributed by atoms with van der Waals surface area (Å²) < 4.78 is 1.12. The zero-order valence-corrected chi connectivity index (χ0v) is 13.3. The smallest absolute Gasteiger partial charge is 0.0743 e. The third kappa shape index (κ3) is 2.85. The van der Waals surface area contributed by atoms with Gasteiger partial charge in [-0.2, -0.15) is 0 Å². The summed E-state index contributed by atoms with van der Waals surface area (Å²) in [5.74, 6) is 0. The van der Waals surface area contributed by atoms with Crippen LogP contribution >= 0.6 is 15.9 Å². The molecule has 1 aromatic heterocycles. The second kappa shape index (κ2) is 5.74. The second-order valence-electron chi connectivity index (χ2n) is 5.05. The van der Waals surface area contributed by atoms with Crippen LogP contribution in [0.25, 0.3) is 10.9 Å². The molecule has 0 amide bonds. The van der Waals surface area contributed by atoms with E-state index >= 15 is 0 Å². The van der Waals surface area contributed by atoms with Crippen LogP contribution in [0.2, 0.25) is 0 Å². The number of halogens is 1. The fourth-order valence-corrected chi connectivity index (χ4v) is 2.86. The van der Waals surface area contributed by atoms with Crippen molar-refractivity contribution in [3.05, 3.63) is 64.8 Å². The average Bonchev–Trinajstić information content (AvgIpc) is 2.48. The molecule has 21 heavy (non-hydrogen) atoms. The van der Waals surface area contributed by atoms with Crippen LogP contribution in [-0.4, -0.2) is 12.0 Å². The molecule has 3 aromatic rings. The summed E-state index contributed by atoms with van der Waals surface area (Å²) in [7, 11) is 2.09. The van der Waals surface area contributed by atoms with Gasteiger partial charge < -0.3 is 10.6 Å². The first-order valence-electron chi connectivity index (χ1n) is 6.74. The van der Waals surface area contributed by atoms with Gasteiger partial charge in [0, 0.05) is 41.0 Å². The van der Waals surface area contributed by atoms with Crippen molar-refractivity contribution in [1.82, 2.24) is 4.98 Å². The van der Waals surface area contributed by atoms with E-state index in [9.17, 15) is 0 Å². The van der Waals surface area contributed by atoms with Crippen molar-refractivity contribution in [3.8, 4) is 0 Å². The number of hydrogen-bond acceptors (Lipinski definition) is 3. The number of nitrogens with zero attached hydrogens (tertiary/aromatic N) is 2. The molecular formula is C17H16BrN3. The zero-order valence-electron chi connectivity index (χ0n) is 11.8. The van der Waals surface area contributed by atoms with E-state index in [2.05, 4.69) is 51.1 Å². The van der Waals surface area contributed by atoms with E-state index in [1.807, 2.05) is 36.5 Å². The number of fused-ring (bicyclic) bond motifs is 1. The molecule has 2 N–H and O–H groups in total. The summed E-state index contributed by atoms with van der Waals surface area (Å²) in [5.41, 5.74) is 9.89. The molecule has 0 atom stereocenters. The third-order valence-electron chi connectivity index (χ3n) is 3.52. The van der Waals surface area contributed by atoms with Gasteiger partial charge in [-0.1, -0.05) is 34.1 Å². The standard InChI is InChI=1S/C17H16BrN3/c1-21(11-12-4-2-3-5-15(12)18)17-8-9-20-16-10-13(19)6-7-14(16)17/h2-10H,11,19H2,1H3. The van der Waals surface area contributed by atoms with Crippen molar-refractivity contribution >= 4 is 38.2 Å². The molecule has 0 aliphatic heterocycles. The monoisotopic (exact) mass is 341 g/mol. The number of benzene rings is 2. The van der Waals surface area contributed by atoms with E-state index < -0.39 is 0 Å². The summed E-state index contributed by atoms with van der Waals surface area (Å²) in [6.07, 6.45) is 1.83. The SMILES string of the molecule is CN(Cc1ccccc1Br)c1ccnc2cc(N)ccc12. The highest BCUT2D eigenvalue weighted by Crippen LogP contribution is 2.28. The van der Waals surface area contributed by atoms with Crippen molar-refractivity contribution < 1.29 is 0 Å². The van der Waals surface area contributed by atoms with Gasteiger partial charge in [0.05, 0.1) is 5.52 Å². The van der Waals surface area contributed by atoms with Crippen LogP contribution in [0.15, 0.2) is 59.2 Å². The lowest BCUT2D eigenvalue weighted by Gasteiger charge is -2.21. The lowest BCUT2D eigenvalue weighted by Crippen LogP contribution is -2.17. The maximum Gasteiger partial charge on any atom is 0.0743 e. The predicted octanol–water partition coefficient (Wildman–Crippen LogP) is 4.22. The molecule has 0 unspecified atom stereocenters. The van der Waals surface area contributed by atoms with Crippen molar-refractivity contribution in [1.29, 1.82) is 0 Å². The Kier molecular flexibility index (Phi) is 3.80. The molecule has 2 aromatic carbocycles. The topological polar surface area (TPSA) is 42.2 Å². The molecule has 1 heterocycles. The molecule has 0 aliphatic carbocycles. The maximum atomic E-state index is 5.83. The molecule has 4 heteroatoms. The average molecular weight is 342 g/mol. The van der Waals surface area contributed by atoms with Gasteiger partial charge in [-0.15, -0.1) is 0 Å². The Bertz CT molecular complexity index is 786. The van der Waals surface area contributed by atoms with Gasteiger partial charge in [-0.3, -0.25) is 4.98 Å². The molecule has 0 spiro atoms. The molecule has 0 aliphatic rings. The van der Waals surface area contributed by atoms with Crippen LogP contribution in [0.4, 0.5) is 11.4 Å². The lowest BCUT2D eigenvalue weighted by atomic mass is 10.1. The highest BCUT2D eigenvalue weighted by Gasteiger charge is 2.09. The predicted molar refractivity (Wildman–Crippen MR) is 92.4 cm³/mol. The summed E-state index contributed by atoms with van der Waals surface area (Å²) >= 11 is 3.60. The van der Waals surface area contributed by atoms with Gasteiger partial charge in [0.15, 0.2) is 0 Å². The van der Waals surface area contributed by atoms with Gasteiger partial charge in [0.1, 0.15) is 0 Å². The van der Waals surface area contributed by atoms with Crippen molar-refractivity contribution in [2.75, 3.05) is 17.7 Å². The Morgan fingerprint density at radius 3 is 2.76 bits per heavy atom. The van der Waals surface area contributed by atoms with Gasteiger partial charge in [-0.25, -0.2) is 0 Å². The first-order chi connectivity index (χ1) is 10.1. The van der Waals surface area contributed by atoms with Gasteiger partial charge in [0.2, 0.25) is 0 Å². The zero-order chi connectivity index (χ0) is 14.8. The summed E-state index contributed by atoms with van der Waals surface area (Å²) in [6, 6.07) is 16.2. The van der Waals surface area contributed by atoms with Crippen LogP contribution in [0.3, 0.4) is 0 Å². The number of nitrogens with two attached hydrogens (primary N) is 1. The molecule has 106 valence electrons. The largest absolute Gasteiger partial charge is 0.399 e. The number of hydrogen-bond donors (Lipinski definition) is 1. The number of pyridine rings is 1. The number of nitrogen functional groups attached to an aromatic ring is 1. The van der Waals surface area contributed by atoms with E-state index in [0.717, 1.165) is 33.3 Å². The summed E-state index contributed by atoms with van der Waals surface area (Å²) in [5, 5.41) is 1.11. The molecule has 0 saturated carbocycles. The Balaban J connectivity index is 1.98. The Morgan fingerprint density at radius 1 is 1.14 bits per heavy atom. The minimum atomic E-state index is 0.737. The van der Waals surface area contributed by atoms with E-state index in [-0.39, 0.29) is 0 Å². The number of anilines is 2. The molecule has 0 bridgehead atoms. The highest BCUT2D eigenvalue weighted by molar-refractivity contribution is 9.10. The first-order valence-corrected chi connectivity index (χ1v) is 7.53. The number of aromatic nitrogens is 1. The Hall–Kier alpha value is -2.07. The van der Waals surface area contributed by atoms with E-state index in [1.54, 1.807) is 0 Å². The van der Waals surface area contributed by atoms with Crippen LogP contribution in [0.5, 0.6) is 0 Å². The van der Waals surface area contributed by atoms with Crippen molar-refractivity contribution in [2.45, 2.75) is 6.54 Å². The quantitative estimate of drug-likeness (QED) is 0.725. The highest BCUT2D eigenvalue weighted by atomic mass is 79.9. The van der Waals surface area contributed by atoms with E-state index in [1.165, 1.54) is 5.56 Å². The van der Waals surface area contributed by atoms with E-state index in [4.69, 9.17) is 5.73 Å². The fourth-order valence-electron chi connectivity index (χ4n) is 2.45. The van der Waals surface area contributed by atoms with Gasteiger partial charge in [-0.05, 0) is 35.9 Å². The first kappa shape index (κ1) is 13.9. The fraction of sp³-hybridized carbons (Fsp3) is 0.118. The minimum absolute atomic E-state index is 0.737. The lowest BCUT2D eigenvalue weighted by molar-refractivity contribution is 0.922. The van der Waals surface area contributed by atoms with Crippen molar-refractivity contribution in [3.63, 3.8) is 0 Å². The minimum Gasteiger partial charge on any atom is -0.399 e. The Labute approximate surface area is 132 Å². The van der Waals surface area contributed by atoms with Crippen LogP contribution < -0.4 is 10.6 Å².